The fourth-order valence-corrected chi connectivity index (χ4v) is 2.94. The number of benzene rings is 1. The van der Waals surface area contributed by atoms with Gasteiger partial charge in [0.2, 0.25) is 0 Å². The van der Waals surface area contributed by atoms with E-state index in [0.717, 1.165) is 9.35 Å². The molecule has 1 nitrogen and oxygen atoms in total. The minimum Gasteiger partial charge on any atom is -0.309 e. The second-order valence-corrected chi connectivity index (χ2v) is 5.83. The van der Waals surface area contributed by atoms with Gasteiger partial charge in [0.15, 0.2) is 0 Å². The number of nitrogens with one attached hydrogen (secondary N) is 1. The molecule has 17 heavy (non-hydrogen) atoms. The van der Waals surface area contributed by atoms with Crippen molar-refractivity contribution in [2.24, 2.45) is 0 Å². The molecule has 1 heterocycles. The van der Waals surface area contributed by atoms with Gasteiger partial charge in [0, 0.05) is 5.56 Å². The second kappa shape index (κ2) is 5.25. The molecule has 2 rings (SSSR count). The molecule has 1 aromatic heterocycles. The zero-order valence-corrected chi connectivity index (χ0v) is 11.4. The molecular weight excluding hydrogens is 308 g/mol. The van der Waals surface area contributed by atoms with Gasteiger partial charge in [-0.05, 0) is 52.1 Å². The maximum absolute atomic E-state index is 13.7. The van der Waals surface area contributed by atoms with Crippen molar-refractivity contribution in [2.45, 2.75) is 6.04 Å². The number of thiophene rings is 1. The van der Waals surface area contributed by atoms with E-state index in [1.165, 1.54) is 29.5 Å². The third-order valence-electron chi connectivity index (χ3n) is 2.50. The molecule has 0 saturated carbocycles. The van der Waals surface area contributed by atoms with Crippen LogP contribution >= 0.6 is 27.3 Å². The Morgan fingerprint density at radius 1 is 1.29 bits per heavy atom. The van der Waals surface area contributed by atoms with Crippen LogP contribution in [0.25, 0.3) is 0 Å². The highest BCUT2D eigenvalue weighted by molar-refractivity contribution is 9.11. The van der Waals surface area contributed by atoms with Crippen LogP contribution in [0.2, 0.25) is 0 Å². The summed E-state index contributed by atoms with van der Waals surface area (Å²) in [5, 5.41) is 4.81. The predicted molar refractivity (Wildman–Crippen MR) is 69.3 cm³/mol. The van der Waals surface area contributed by atoms with Crippen molar-refractivity contribution in [2.75, 3.05) is 7.05 Å². The lowest BCUT2D eigenvalue weighted by atomic mass is 10.0. The van der Waals surface area contributed by atoms with Crippen molar-refractivity contribution in [3.63, 3.8) is 0 Å². The normalized spacial score (nSPS) is 12.7. The quantitative estimate of drug-likeness (QED) is 0.898. The Bertz CT molecular complexity index is 507. The fraction of sp³-hybridized carbons (Fsp3) is 0.167. The van der Waals surface area contributed by atoms with Gasteiger partial charge < -0.3 is 5.32 Å². The lowest BCUT2D eigenvalue weighted by Gasteiger charge is -2.16. The molecular formula is C12H10BrF2NS. The molecule has 0 aliphatic rings. The smallest absolute Gasteiger partial charge is 0.131 e. The molecule has 2 aromatic rings. The Labute approximate surface area is 111 Å². The van der Waals surface area contributed by atoms with E-state index in [-0.39, 0.29) is 5.56 Å². The third-order valence-corrected chi connectivity index (χ3v) is 4.02. The SMILES string of the molecule is CNC(c1csc(Br)c1)c1c(F)cccc1F. The summed E-state index contributed by atoms with van der Waals surface area (Å²) in [5.41, 5.74) is 0.897. The average molecular weight is 318 g/mol. The zero-order chi connectivity index (χ0) is 12.4. The predicted octanol–water partition coefficient (Wildman–Crippen LogP) is 4.10. The molecule has 0 aliphatic carbocycles. The fourth-order valence-electron chi connectivity index (χ4n) is 1.74. The van der Waals surface area contributed by atoms with Crippen LogP contribution in [0, 0.1) is 11.6 Å². The Morgan fingerprint density at radius 3 is 2.41 bits per heavy atom. The summed E-state index contributed by atoms with van der Waals surface area (Å²) in [6.45, 7) is 0. The first-order valence-corrected chi connectivity index (χ1v) is 6.66. The van der Waals surface area contributed by atoms with Gasteiger partial charge in [-0.3, -0.25) is 0 Å². The van der Waals surface area contributed by atoms with Gasteiger partial charge in [-0.15, -0.1) is 11.3 Å². The minimum absolute atomic E-state index is 0.0558. The standard InChI is InChI=1S/C12H10BrF2NS/c1-16-12(7-5-10(13)17-6-7)11-8(14)3-2-4-9(11)15/h2-6,12,16H,1H3. The van der Waals surface area contributed by atoms with Crippen LogP contribution < -0.4 is 5.32 Å². The molecule has 1 N–H and O–H groups in total. The highest BCUT2D eigenvalue weighted by Gasteiger charge is 2.21. The van der Waals surface area contributed by atoms with Crippen molar-refractivity contribution >= 4 is 27.3 Å². The largest absolute Gasteiger partial charge is 0.309 e. The van der Waals surface area contributed by atoms with Crippen LogP contribution in [-0.2, 0) is 0 Å². The number of hydrogen-bond donors (Lipinski definition) is 1. The van der Waals surface area contributed by atoms with Crippen LogP contribution in [0.4, 0.5) is 8.78 Å². The molecule has 0 radical (unpaired) electrons. The number of halogens is 3. The summed E-state index contributed by atoms with van der Waals surface area (Å²) in [5.74, 6) is -1.07. The molecule has 1 aromatic carbocycles. The molecule has 0 fully saturated rings. The van der Waals surface area contributed by atoms with Crippen molar-refractivity contribution in [1.29, 1.82) is 0 Å². The van der Waals surface area contributed by atoms with Crippen LogP contribution in [-0.4, -0.2) is 7.05 Å². The van der Waals surface area contributed by atoms with Crippen molar-refractivity contribution in [3.8, 4) is 0 Å². The summed E-state index contributed by atoms with van der Waals surface area (Å²) in [6, 6.07) is 5.29. The van der Waals surface area contributed by atoms with Crippen LogP contribution in [0.5, 0.6) is 0 Å². The minimum atomic E-state index is -0.535. The van der Waals surface area contributed by atoms with E-state index in [1.54, 1.807) is 7.05 Å². The summed E-state index contributed by atoms with van der Waals surface area (Å²) in [6.07, 6.45) is 0. The molecule has 0 aliphatic heterocycles. The van der Waals surface area contributed by atoms with Crippen molar-refractivity contribution < 1.29 is 8.78 Å². The zero-order valence-electron chi connectivity index (χ0n) is 9.01. The van der Waals surface area contributed by atoms with Crippen LogP contribution in [0.15, 0.2) is 33.4 Å². The Balaban J connectivity index is 2.49. The summed E-state index contributed by atoms with van der Waals surface area (Å²) < 4.78 is 28.3. The highest BCUT2D eigenvalue weighted by Crippen LogP contribution is 2.31. The van der Waals surface area contributed by atoms with Crippen molar-refractivity contribution in [1.82, 2.24) is 5.32 Å². The molecule has 1 unspecified atom stereocenters. The number of hydrogen-bond acceptors (Lipinski definition) is 2. The van der Waals surface area contributed by atoms with E-state index in [9.17, 15) is 8.78 Å². The van der Waals surface area contributed by atoms with Gasteiger partial charge in [0.25, 0.3) is 0 Å². The van der Waals surface area contributed by atoms with Gasteiger partial charge in [0.1, 0.15) is 11.6 Å². The van der Waals surface area contributed by atoms with E-state index >= 15 is 0 Å². The van der Waals surface area contributed by atoms with Gasteiger partial charge in [-0.2, -0.15) is 0 Å². The Hall–Kier alpha value is -0.780. The Kier molecular flexibility index (Phi) is 3.91. The van der Waals surface area contributed by atoms with E-state index in [2.05, 4.69) is 21.2 Å². The van der Waals surface area contributed by atoms with E-state index in [4.69, 9.17) is 0 Å². The molecule has 5 heteroatoms. The molecule has 1 atom stereocenters. The van der Waals surface area contributed by atoms with E-state index in [1.807, 2.05) is 11.4 Å². The molecule has 0 amide bonds. The van der Waals surface area contributed by atoms with Gasteiger partial charge in [0.05, 0.1) is 9.83 Å². The number of rotatable bonds is 3. The third kappa shape index (κ3) is 2.56. The molecule has 90 valence electrons. The van der Waals surface area contributed by atoms with Crippen molar-refractivity contribution in [3.05, 3.63) is 56.2 Å². The van der Waals surface area contributed by atoms with E-state index < -0.39 is 17.7 Å². The molecule has 0 saturated heterocycles. The van der Waals surface area contributed by atoms with Crippen LogP contribution in [0.1, 0.15) is 17.2 Å². The first kappa shape index (κ1) is 12.7. The lowest BCUT2D eigenvalue weighted by molar-refractivity contribution is 0.522. The average Bonchev–Trinajstić information content (AvgIpc) is 2.70. The van der Waals surface area contributed by atoms with E-state index in [0.29, 0.717) is 0 Å². The van der Waals surface area contributed by atoms with Gasteiger partial charge in [-0.1, -0.05) is 6.07 Å². The van der Waals surface area contributed by atoms with Gasteiger partial charge >= 0.3 is 0 Å². The molecule has 0 spiro atoms. The maximum Gasteiger partial charge on any atom is 0.131 e. The topological polar surface area (TPSA) is 12.0 Å². The van der Waals surface area contributed by atoms with Gasteiger partial charge in [-0.25, -0.2) is 8.78 Å². The summed E-state index contributed by atoms with van der Waals surface area (Å²) in [4.78, 5) is 0. The van der Waals surface area contributed by atoms with Crippen LogP contribution in [0.3, 0.4) is 0 Å². The summed E-state index contributed by atoms with van der Waals surface area (Å²) >= 11 is 4.83. The summed E-state index contributed by atoms with van der Waals surface area (Å²) in [7, 11) is 1.68. The Morgan fingerprint density at radius 2 is 1.94 bits per heavy atom. The highest BCUT2D eigenvalue weighted by atomic mass is 79.9. The first-order valence-electron chi connectivity index (χ1n) is 4.98. The lowest BCUT2D eigenvalue weighted by Crippen LogP contribution is -2.19. The maximum atomic E-state index is 13.7. The second-order valence-electron chi connectivity index (χ2n) is 3.54. The first-order chi connectivity index (χ1) is 8.13. The monoisotopic (exact) mass is 317 g/mol. The molecule has 0 bridgehead atoms.